The first-order valence-electron chi connectivity index (χ1n) is 4.76. The molecule has 1 aromatic carbocycles. The lowest BCUT2D eigenvalue weighted by Crippen LogP contribution is -2.18. The SMILES string of the molecule is Cc1ccccc1OCC1=NC=CS1(=O)=O. The van der Waals surface area contributed by atoms with Crippen molar-refractivity contribution >= 4 is 14.9 Å². The van der Waals surface area contributed by atoms with Crippen LogP contribution in [0.15, 0.2) is 40.9 Å². The number of aryl methyl sites for hydroxylation is 1. The second-order valence-corrected chi connectivity index (χ2v) is 5.24. The van der Waals surface area contributed by atoms with Gasteiger partial charge in [0.15, 0.2) is 5.04 Å². The van der Waals surface area contributed by atoms with Crippen molar-refractivity contribution < 1.29 is 13.2 Å². The van der Waals surface area contributed by atoms with Crippen molar-refractivity contribution in [3.8, 4) is 5.75 Å². The van der Waals surface area contributed by atoms with Gasteiger partial charge in [0, 0.05) is 6.20 Å². The van der Waals surface area contributed by atoms with Crippen LogP contribution in [0.2, 0.25) is 0 Å². The summed E-state index contributed by atoms with van der Waals surface area (Å²) < 4.78 is 28.1. The molecule has 0 unspecified atom stereocenters. The van der Waals surface area contributed by atoms with Crippen molar-refractivity contribution in [3.63, 3.8) is 0 Å². The van der Waals surface area contributed by atoms with Gasteiger partial charge in [-0.1, -0.05) is 18.2 Å². The lowest BCUT2D eigenvalue weighted by molar-refractivity contribution is 0.376. The van der Waals surface area contributed by atoms with Crippen molar-refractivity contribution in [1.29, 1.82) is 0 Å². The smallest absolute Gasteiger partial charge is 0.218 e. The van der Waals surface area contributed by atoms with Crippen LogP contribution in [-0.4, -0.2) is 20.1 Å². The lowest BCUT2D eigenvalue weighted by Gasteiger charge is -2.07. The van der Waals surface area contributed by atoms with Crippen LogP contribution in [0.4, 0.5) is 0 Å². The Bertz CT molecular complexity index is 558. The third kappa shape index (κ3) is 2.14. The fourth-order valence-corrected chi connectivity index (χ4v) is 2.13. The first-order chi connectivity index (χ1) is 7.59. The number of para-hydroxylation sites is 1. The number of aliphatic imine (C=N–C) groups is 1. The Balaban J connectivity index is 2.08. The molecule has 0 aromatic heterocycles. The summed E-state index contributed by atoms with van der Waals surface area (Å²) in [6.07, 6.45) is 1.27. The van der Waals surface area contributed by atoms with E-state index in [1.54, 1.807) is 6.07 Å². The van der Waals surface area contributed by atoms with Crippen molar-refractivity contribution in [2.45, 2.75) is 6.92 Å². The van der Waals surface area contributed by atoms with E-state index in [0.717, 1.165) is 11.0 Å². The number of hydrogen-bond acceptors (Lipinski definition) is 4. The van der Waals surface area contributed by atoms with Crippen LogP contribution in [0.5, 0.6) is 5.75 Å². The molecule has 0 amide bonds. The zero-order chi connectivity index (χ0) is 11.6. The summed E-state index contributed by atoms with van der Waals surface area (Å²) in [6.45, 7) is 1.87. The van der Waals surface area contributed by atoms with Crippen LogP contribution in [0, 0.1) is 6.92 Å². The summed E-state index contributed by atoms with van der Waals surface area (Å²) in [5.41, 5.74) is 0.964. The van der Waals surface area contributed by atoms with E-state index in [4.69, 9.17) is 4.74 Å². The maximum Gasteiger partial charge on any atom is 0.218 e. The molecular formula is C11H11NO3S. The third-order valence-corrected chi connectivity index (χ3v) is 3.59. The second kappa shape index (κ2) is 4.09. The van der Waals surface area contributed by atoms with Gasteiger partial charge < -0.3 is 4.74 Å². The molecule has 2 rings (SSSR count). The van der Waals surface area contributed by atoms with Gasteiger partial charge in [-0.05, 0) is 18.6 Å². The number of ether oxygens (including phenoxy) is 1. The normalized spacial score (nSPS) is 17.2. The van der Waals surface area contributed by atoms with Crippen LogP contribution < -0.4 is 4.74 Å². The number of sulfone groups is 1. The van der Waals surface area contributed by atoms with Crippen LogP contribution in [-0.2, 0) is 9.84 Å². The number of rotatable bonds is 3. The first kappa shape index (κ1) is 10.9. The molecule has 0 saturated carbocycles. The summed E-state index contributed by atoms with van der Waals surface area (Å²) in [7, 11) is -3.33. The average molecular weight is 237 g/mol. The molecule has 0 N–H and O–H groups in total. The molecule has 0 fully saturated rings. The Kier molecular flexibility index (Phi) is 2.78. The predicted molar refractivity (Wildman–Crippen MR) is 62.2 cm³/mol. The van der Waals surface area contributed by atoms with E-state index in [1.165, 1.54) is 6.20 Å². The van der Waals surface area contributed by atoms with Gasteiger partial charge in [-0.25, -0.2) is 13.4 Å². The van der Waals surface area contributed by atoms with Gasteiger partial charge in [-0.3, -0.25) is 0 Å². The molecule has 1 aromatic rings. The molecule has 0 atom stereocenters. The fourth-order valence-electron chi connectivity index (χ4n) is 1.32. The van der Waals surface area contributed by atoms with E-state index >= 15 is 0 Å². The van der Waals surface area contributed by atoms with Crippen LogP contribution in [0.25, 0.3) is 0 Å². The summed E-state index contributed by atoms with van der Waals surface area (Å²) in [4.78, 5) is 3.76. The largest absolute Gasteiger partial charge is 0.486 e. The van der Waals surface area contributed by atoms with Crippen LogP contribution >= 0.6 is 0 Å². The molecule has 4 nitrogen and oxygen atoms in total. The Morgan fingerprint density at radius 3 is 2.69 bits per heavy atom. The van der Waals surface area contributed by atoms with Gasteiger partial charge in [0.1, 0.15) is 12.4 Å². The minimum Gasteiger partial charge on any atom is -0.486 e. The van der Waals surface area contributed by atoms with Gasteiger partial charge in [0.25, 0.3) is 0 Å². The monoisotopic (exact) mass is 237 g/mol. The van der Waals surface area contributed by atoms with Crippen LogP contribution in [0.1, 0.15) is 5.56 Å². The predicted octanol–water partition coefficient (Wildman–Crippen LogP) is 1.67. The highest BCUT2D eigenvalue weighted by Gasteiger charge is 2.20. The lowest BCUT2D eigenvalue weighted by atomic mass is 10.2. The molecule has 0 spiro atoms. The molecular weight excluding hydrogens is 226 g/mol. The molecule has 5 heteroatoms. The Morgan fingerprint density at radius 2 is 2.06 bits per heavy atom. The van der Waals surface area contributed by atoms with Gasteiger partial charge >= 0.3 is 0 Å². The first-order valence-corrected chi connectivity index (χ1v) is 6.31. The highest BCUT2D eigenvalue weighted by molar-refractivity contribution is 8.09. The standard InChI is InChI=1S/C11H11NO3S/c1-9-4-2-3-5-10(9)15-8-11-12-6-7-16(11,13)14/h2-7H,8H2,1H3. The number of nitrogens with zero attached hydrogens (tertiary/aromatic N) is 1. The quantitative estimate of drug-likeness (QED) is 0.803. The molecule has 16 heavy (non-hydrogen) atoms. The molecule has 0 saturated heterocycles. The van der Waals surface area contributed by atoms with Crippen molar-refractivity contribution in [1.82, 2.24) is 0 Å². The molecule has 1 heterocycles. The van der Waals surface area contributed by atoms with E-state index in [2.05, 4.69) is 4.99 Å². The zero-order valence-electron chi connectivity index (χ0n) is 8.75. The highest BCUT2D eigenvalue weighted by atomic mass is 32.2. The topological polar surface area (TPSA) is 55.7 Å². The second-order valence-electron chi connectivity index (χ2n) is 3.41. The van der Waals surface area contributed by atoms with E-state index in [-0.39, 0.29) is 11.7 Å². The van der Waals surface area contributed by atoms with Gasteiger partial charge in [-0.2, -0.15) is 0 Å². The minimum atomic E-state index is -3.33. The minimum absolute atomic E-state index is 0.0276. The van der Waals surface area contributed by atoms with Crippen molar-refractivity contribution in [2.24, 2.45) is 4.99 Å². The van der Waals surface area contributed by atoms with E-state index in [1.807, 2.05) is 25.1 Å². The summed E-state index contributed by atoms with van der Waals surface area (Å²) in [6, 6.07) is 7.43. The zero-order valence-corrected chi connectivity index (χ0v) is 9.57. The van der Waals surface area contributed by atoms with Crippen molar-refractivity contribution in [3.05, 3.63) is 41.4 Å². The molecule has 1 aliphatic heterocycles. The van der Waals surface area contributed by atoms with E-state index in [0.29, 0.717) is 5.75 Å². The molecule has 0 bridgehead atoms. The van der Waals surface area contributed by atoms with Gasteiger partial charge in [0.05, 0.1) is 5.41 Å². The van der Waals surface area contributed by atoms with Gasteiger partial charge in [0.2, 0.25) is 9.84 Å². The Hall–Kier alpha value is -1.62. The third-order valence-electron chi connectivity index (χ3n) is 2.23. The summed E-state index contributed by atoms with van der Waals surface area (Å²) in [5.74, 6) is 0.673. The number of benzene rings is 1. The van der Waals surface area contributed by atoms with E-state index in [9.17, 15) is 8.42 Å². The van der Waals surface area contributed by atoms with E-state index < -0.39 is 9.84 Å². The average Bonchev–Trinajstić information content (AvgIpc) is 2.57. The van der Waals surface area contributed by atoms with Crippen molar-refractivity contribution in [2.75, 3.05) is 6.61 Å². The summed E-state index contributed by atoms with van der Waals surface area (Å²) in [5, 5.41) is 1.12. The highest BCUT2D eigenvalue weighted by Crippen LogP contribution is 2.17. The molecule has 1 aliphatic rings. The molecule has 0 aliphatic carbocycles. The molecule has 0 radical (unpaired) electrons. The molecule has 84 valence electrons. The Morgan fingerprint density at radius 1 is 1.31 bits per heavy atom. The maximum atomic E-state index is 11.4. The maximum absolute atomic E-state index is 11.4. The van der Waals surface area contributed by atoms with Gasteiger partial charge in [-0.15, -0.1) is 0 Å². The van der Waals surface area contributed by atoms with Crippen LogP contribution in [0.3, 0.4) is 0 Å². The Labute approximate surface area is 94.2 Å². The summed E-state index contributed by atoms with van der Waals surface area (Å²) >= 11 is 0. The number of hydrogen-bond donors (Lipinski definition) is 0. The fraction of sp³-hybridized carbons (Fsp3) is 0.182.